The van der Waals surface area contributed by atoms with Crippen LogP contribution in [0.2, 0.25) is 0 Å². The van der Waals surface area contributed by atoms with Crippen LogP contribution in [0.5, 0.6) is 5.75 Å². The van der Waals surface area contributed by atoms with E-state index in [9.17, 15) is 5.11 Å². The lowest BCUT2D eigenvalue weighted by Gasteiger charge is -2.06. The molecule has 1 heterocycles. The first kappa shape index (κ1) is 12.6. The molecule has 0 spiro atoms. The molecule has 0 saturated heterocycles. The van der Waals surface area contributed by atoms with E-state index in [2.05, 4.69) is 28.5 Å². The van der Waals surface area contributed by atoms with Gasteiger partial charge in [-0.15, -0.1) is 0 Å². The first-order valence-corrected chi connectivity index (χ1v) is 6.62. The van der Waals surface area contributed by atoms with Gasteiger partial charge in [0.2, 0.25) is 0 Å². The van der Waals surface area contributed by atoms with E-state index in [1.165, 1.54) is 10.9 Å². The number of benzene rings is 2. The van der Waals surface area contributed by atoms with Crippen molar-refractivity contribution in [2.75, 3.05) is 0 Å². The predicted octanol–water partition coefficient (Wildman–Crippen LogP) is 3.23. The van der Waals surface area contributed by atoms with Crippen LogP contribution in [0.4, 0.5) is 0 Å². The Morgan fingerprint density at radius 2 is 1.60 bits per heavy atom. The average molecular weight is 264 g/mol. The molecule has 3 nitrogen and oxygen atoms in total. The van der Waals surface area contributed by atoms with E-state index in [1.807, 2.05) is 30.6 Å². The number of fused-ring (bicyclic) bond motifs is 1. The first-order chi connectivity index (χ1) is 9.81. The molecule has 1 aromatic heterocycles. The highest BCUT2D eigenvalue weighted by atomic mass is 16.3. The number of hydrogen-bond acceptors (Lipinski definition) is 3. The Kier molecular flexibility index (Phi) is 3.61. The van der Waals surface area contributed by atoms with Crippen molar-refractivity contribution in [3.8, 4) is 5.75 Å². The summed E-state index contributed by atoms with van der Waals surface area (Å²) in [5.74, 6) is 0.303. The summed E-state index contributed by atoms with van der Waals surface area (Å²) >= 11 is 0. The fourth-order valence-corrected chi connectivity index (χ4v) is 2.21. The number of nitrogens with one attached hydrogen (secondary N) is 1. The number of aromatic nitrogens is 1. The van der Waals surface area contributed by atoms with Crippen LogP contribution in [0.15, 0.2) is 60.9 Å². The van der Waals surface area contributed by atoms with Gasteiger partial charge in [0, 0.05) is 30.9 Å². The molecule has 3 heteroatoms. The normalized spacial score (nSPS) is 10.8. The molecule has 0 amide bonds. The second-order valence-corrected chi connectivity index (χ2v) is 4.83. The number of rotatable bonds is 4. The molecule has 0 radical (unpaired) electrons. The molecule has 0 aliphatic carbocycles. The van der Waals surface area contributed by atoms with Crippen molar-refractivity contribution < 1.29 is 5.11 Å². The van der Waals surface area contributed by atoms with Crippen molar-refractivity contribution in [1.82, 2.24) is 10.3 Å². The van der Waals surface area contributed by atoms with Gasteiger partial charge in [0.1, 0.15) is 5.75 Å². The van der Waals surface area contributed by atoms with E-state index in [1.54, 1.807) is 12.1 Å². The maximum Gasteiger partial charge on any atom is 0.115 e. The van der Waals surface area contributed by atoms with Crippen LogP contribution >= 0.6 is 0 Å². The lowest BCUT2D eigenvalue weighted by atomic mass is 10.1. The monoisotopic (exact) mass is 264 g/mol. The van der Waals surface area contributed by atoms with Crippen molar-refractivity contribution >= 4 is 10.8 Å². The van der Waals surface area contributed by atoms with Gasteiger partial charge in [-0.25, -0.2) is 0 Å². The maximum atomic E-state index is 9.24. The second-order valence-electron chi connectivity index (χ2n) is 4.83. The summed E-state index contributed by atoms with van der Waals surface area (Å²) in [5, 5.41) is 15.0. The van der Waals surface area contributed by atoms with Gasteiger partial charge in [-0.2, -0.15) is 0 Å². The van der Waals surface area contributed by atoms with Gasteiger partial charge in [-0.05, 0) is 40.8 Å². The first-order valence-electron chi connectivity index (χ1n) is 6.62. The molecule has 3 rings (SSSR count). The lowest BCUT2D eigenvalue weighted by Crippen LogP contribution is -2.12. The second kappa shape index (κ2) is 5.72. The Morgan fingerprint density at radius 1 is 0.850 bits per heavy atom. The Labute approximate surface area is 117 Å². The molecule has 0 unspecified atom stereocenters. The Balaban J connectivity index is 1.63. The zero-order chi connectivity index (χ0) is 13.8. The standard InChI is InChI=1S/C17H16N2O/c20-17-5-2-13(3-6-17)10-19-11-14-1-4-16-12-18-8-7-15(16)9-14/h1-9,12,19-20H,10-11H2. The fourth-order valence-electron chi connectivity index (χ4n) is 2.21. The minimum atomic E-state index is 0.303. The summed E-state index contributed by atoms with van der Waals surface area (Å²) in [5.41, 5.74) is 2.41. The number of hydrogen-bond donors (Lipinski definition) is 2. The van der Waals surface area contributed by atoms with Crippen LogP contribution in [0.3, 0.4) is 0 Å². The van der Waals surface area contributed by atoms with Gasteiger partial charge in [0.15, 0.2) is 0 Å². The molecule has 0 bridgehead atoms. The Morgan fingerprint density at radius 3 is 2.45 bits per heavy atom. The van der Waals surface area contributed by atoms with Crippen molar-refractivity contribution in [2.45, 2.75) is 13.1 Å². The molecular formula is C17H16N2O. The van der Waals surface area contributed by atoms with Crippen LogP contribution < -0.4 is 5.32 Å². The molecule has 100 valence electrons. The van der Waals surface area contributed by atoms with Crippen LogP contribution in [0, 0.1) is 0 Å². The van der Waals surface area contributed by atoms with Crippen LogP contribution in [-0.2, 0) is 13.1 Å². The number of phenolic OH excluding ortho intramolecular Hbond substituents is 1. The number of phenols is 1. The van der Waals surface area contributed by atoms with E-state index in [4.69, 9.17) is 0 Å². The van der Waals surface area contributed by atoms with E-state index in [0.717, 1.165) is 24.0 Å². The van der Waals surface area contributed by atoms with Crippen molar-refractivity contribution in [3.63, 3.8) is 0 Å². The molecule has 0 saturated carbocycles. The van der Waals surface area contributed by atoms with Gasteiger partial charge in [-0.1, -0.05) is 24.3 Å². The van der Waals surface area contributed by atoms with Crippen molar-refractivity contribution in [2.24, 2.45) is 0 Å². The molecule has 0 aliphatic heterocycles. The summed E-state index contributed by atoms with van der Waals surface area (Å²) < 4.78 is 0. The minimum absolute atomic E-state index is 0.303. The third kappa shape index (κ3) is 2.95. The molecule has 20 heavy (non-hydrogen) atoms. The quantitative estimate of drug-likeness (QED) is 0.760. The highest BCUT2D eigenvalue weighted by Crippen LogP contribution is 2.14. The van der Waals surface area contributed by atoms with Gasteiger partial charge in [0.05, 0.1) is 0 Å². The minimum Gasteiger partial charge on any atom is -0.508 e. The summed E-state index contributed by atoms with van der Waals surface area (Å²) in [6, 6.07) is 15.7. The Bertz CT molecular complexity index is 708. The number of pyridine rings is 1. The third-order valence-electron chi connectivity index (χ3n) is 3.30. The topological polar surface area (TPSA) is 45.1 Å². The van der Waals surface area contributed by atoms with Gasteiger partial charge in [-0.3, -0.25) is 4.98 Å². The third-order valence-corrected chi connectivity index (χ3v) is 3.30. The van der Waals surface area contributed by atoms with Crippen LogP contribution in [-0.4, -0.2) is 10.1 Å². The lowest BCUT2D eigenvalue weighted by molar-refractivity contribution is 0.475. The molecule has 0 atom stereocenters. The predicted molar refractivity (Wildman–Crippen MR) is 80.4 cm³/mol. The van der Waals surface area contributed by atoms with Gasteiger partial charge < -0.3 is 10.4 Å². The van der Waals surface area contributed by atoms with Gasteiger partial charge >= 0.3 is 0 Å². The van der Waals surface area contributed by atoms with E-state index >= 15 is 0 Å². The highest BCUT2D eigenvalue weighted by molar-refractivity contribution is 5.81. The fraction of sp³-hybridized carbons (Fsp3) is 0.118. The number of aromatic hydroxyl groups is 1. The molecule has 2 N–H and O–H groups in total. The van der Waals surface area contributed by atoms with Crippen LogP contribution in [0.25, 0.3) is 10.8 Å². The molecule has 0 aliphatic rings. The summed E-state index contributed by atoms with van der Waals surface area (Å²) in [6.07, 6.45) is 3.69. The average Bonchev–Trinajstić information content (AvgIpc) is 2.49. The highest BCUT2D eigenvalue weighted by Gasteiger charge is 1.97. The number of nitrogens with zero attached hydrogens (tertiary/aromatic N) is 1. The molecular weight excluding hydrogens is 248 g/mol. The van der Waals surface area contributed by atoms with Crippen LogP contribution in [0.1, 0.15) is 11.1 Å². The SMILES string of the molecule is Oc1ccc(CNCc2ccc3cnccc3c2)cc1. The Hall–Kier alpha value is -2.39. The largest absolute Gasteiger partial charge is 0.508 e. The molecule has 2 aromatic carbocycles. The molecule has 3 aromatic rings. The van der Waals surface area contributed by atoms with E-state index < -0.39 is 0 Å². The smallest absolute Gasteiger partial charge is 0.115 e. The summed E-state index contributed by atoms with van der Waals surface area (Å²) in [6.45, 7) is 1.60. The van der Waals surface area contributed by atoms with E-state index in [-0.39, 0.29) is 0 Å². The zero-order valence-corrected chi connectivity index (χ0v) is 11.1. The summed E-state index contributed by atoms with van der Waals surface area (Å²) in [4.78, 5) is 4.12. The maximum absolute atomic E-state index is 9.24. The zero-order valence-electron chi connectivity index (χ0n) is 11.1. The molecule has 0 fully saturated rings. The summed E-state index contributed by atoms with van der Waals surface area (Å²) in [7, 11) is 0. The van der Waals surface area contributed by atoms with Gasteiger partial charge in [0.25, 0.3) is 0 Å². The van der Waals surface area contributed by atoms with E-state index in [0.29, 0.717) is 5.75 Å². The van der Waals surface area contributed by atoms with Crippen molar-refractivity contribution in [1.29, 1.82) is 0 Å². The van der Waals surface area contributed by atoms with Crippen molar-refractivity contribution in [3.05, 3.63) is 72.1 Å².